The van der Waals surface area contributed by atoms with Crippen molar-refractivity contribution in [2.45, 2.75) is 19.9 Å². The third kappa shape index (κ3) is 3.80. The lowest BCUT2D eigenvalue weighted by Crippen LogP contribution is -2.29. The first-order valence-electron chi connectivity index (χ1n) is 10.0. The van der Waals surface area contributed by atoms with Crippen LogP contribution in [-0.4, -0.2) is 28.4 Å². The topological polar surface area (TPSA) is 79.7 Å². The summed E-state index contributed by atoms with van der Waals surface area (Å²) in [5.74, 6) is -1.11. The van der Waals surface area contributed by atoms with Crippen LogP contribution in [0.1, 0.15) is 29.7 Å². The van der Waals surface area contributed by atoms with Crippen LogP contribution in [0.2, 0.25) is 0 Å². The predicted octanol–water partition coefficient (Wildman–Crippen LogP) is 4.42. The molecule has 1 fully saturated rings. The number of aromatic nitrogens is 1. The Labute approximate surface area is 180 Å². The van der Waals surface area contributed by atoms with Gasteiger partial charge in [0.25, 0.3) is 11.7 Å². The van der Waals surface area contributed by atoms with Gasteiger partial charge in [-0.15, -0.1) is 0 Å². The number of aliphatic hydroxyl groups excluding tert-OH is 1. The lowest BCUT2D eigenvalue weighted by molar-refractivity contribution is -0.132. The Kier molecular flexibility index (Phi) is 5.54. The van der Waals surface area contributed by atoms with E-state index in [1.165, 1.54) is 4.90 Å². The number of ether oxygens (including phenoxy) is 1. The molecule has 1 atom stereocenters. The number of nitrogens with zero attached hydrogens (tertiary/aromatic N) is 2. The van der Waals surface area contributed by atoms with Gasteiger partial charge in [0.1, 0.15) is 11.5 Å². The monoisotopic (exact) mass is 414 g/mol. The van der Waals surface area contributed by atoms with Crippen LogP contribution in [0.25, 0.3) is 5.76 Å². The van der Waals surface area contributed by atoms with Gasteiger partial charge in [0.2, 0.25) is 0 Å². The van der Waals surface area contributed by atoms with E-state index in [2.05, 4.69) is 4.98 Å². The summed E-state index contributed by atoms with van der Waals surface area (Å²) in [7, 11) is 0. The maximum Gasteiger partial charge on any atom is 0.300 e. The second-order valence-electron chi connectivity index (χ2n) is 7.26. The minimum atomic E-state index is -0.800. The van der Waals surface area contributed by atoms with Crippen molar-refractivity contribution >= 4 is 23.1 Å². The summed E-state index contributed by atoms with van der Waals surface area (Å²) in [5.41, 5.74) is 2.59. The predicted molar refractivity (Wildman–Crippen MR) is 118 cm³/mol. The minimum absolute atomic E-state index is 0.0214. The molecule has 6 heteroatoms. The molecule has 0 spiro atoms. The van der Waals surface area contributed by atoms with E-state index in [1.54, 1.807) is 54.9 Å². The summed E-state index contributed by atoms with van der Waals surface area (Å²) in [6.45, 7) is 4.25. The fourth-order valence-corrected chi connectivity index (χ4v) is 3.79. The molecule has 1 unspecified atom stereocenters. The van der Waals surface area contributed by atoms with Gasteiger partial charge in [-0.05, 0) is 55.3 Å². The van der Waals surface area contributed by atoms with Gasteiger partial charge < -0.3 is 9.84 Å². The van der Waals surface area contributed by atoms with Crippen LogP contribution in [0.5, 0.6) is 5.75 Å². The largest absolute Gasteiger partial charge is 0.507 e. The van der Waals surface area contributed by atoms with E-state index in [1.807, 2.05) is 32.0 Å². The Hall–Kier alpha value is -3.93. The molecule has 31 heavy (non-hydrogen) atoms. The Morgan fingerprint density at radius 3 is 2.61 bits per heavy atom. The molecule has 1 saturated heterocycles. The number of amides is 1. The Morgan fingerprint density at radius 2 is 1.90 bits per heavy atom. The summed E-state index contributed by atoms with van der Waals surface area (Å²) in [5, 5.41) is 11.2. The van der Waals surface area contributed by atoms with Crippen LogP contribution in [-0.2, 0) is 9.59 Å². The summed E-state index contributed by atoms with van der Waals surface area (Å²) >= 11 is 0. The molecule has 1 aliphatic rings. The lowest BCUT2D eigenvalue weighted by atomic mass is 9.96. The van der Waals surface area contributed by atoms with Crippen LogP contribution in [0, 0.1) is 6.92 Å². The molecule has 1 amide bonds. The number of hydrogen-bond acceptors (Lipinski definition) is 5. The van der Waals surface area contributed by atoms with E-state index in [0.717, 1.165) is 5.56 Å². The minimum Gasteiger partial charge on any atom is -0.507 e. The molecule has 156 valence electrons. The summed E-state index contributed by atoms with van der Waals surface area (Å²) < 4.78 is 5.52. The van der Waals surface area contributed by atoms with E-state index in [9.17, 15) is 14.7 Å². The smallest absolute Gasteiger partial charge is 0.300 e. The van der Waals surface area contributed by atoms with E-state index in [0.29, 0.717) is 29.2 Å². The maximum atomic E-state index is 13.1. The number of anilines is 1. The average Bonchev–Trinajstić information content (AvgIpc) is 3.05. The molecule has 3 aromatic rings. The number of hydrogen-bond donors (Lipinski definition) is 1. The van der Waals surface area contributed by atoms with E-state index >= 15 is 0 Å². The first kappa shape index (κ1) is 20.3. The molecule has 2 aromatic carbocycles. The average molecular weight is 414 g/mol. The lowest BCUT2D eigenvalue weighted by Gasteiger charge is -2.25. The van der Waals surface area contributed by atoms with Crippen LogP contribution in [0.4, 0.5) is 5.69 Å². The first-order valence-corrected chi connectivity index (χ1v) is 10.0. The quantitative estimate of drug-likeness (QED) is 0.380. The molecule has 1 aliphatic heterocycles. The standard InChI is InChI=1S/C25H22N2O4/c1-3-31-20-11-5-8-17(14-20)23(28)21-22(18-9-6-12-26-15-18)27(25(30)24(21)29)19-10-4-7-16(2)13-19/h4-15,22,28H,3H2,1-2H3/b23-21+. The molecule has 0 aliphatic carbocycles. The molecule has 0 radical (unpaired) electrons. The number of aliphatic hydroxyl groups is 1. The number of pyridine rings is 1. The third-order valence-electron chi connectivity index (χ3n) is 5.14. The molecule has 4 rings (SSSR count). The van der Waals surface area contributed by atoms with Gasteiger partial charge in [0.05, 0.1) is 18.2 Å². The van der Waals surface area contributed by atoms with Gasteiger partial charge in [-0.2, -0.15) is 0 Å². The highest BCUT2D eigenvalue weighted by Crippen LogP contribution is 2.42. The summed E-state index contributed by atoms with van der Waals surface area (Å²) in [4.78, 5) is 31.8. The van der Waals surface area contributed by atoms with Crippen LogP contribution >= 0.6 is 0 Å². The van der Waals surface area contributed by atoms with Gasteiger partial charge >= 0.3 is 0 Å². The van der Waals surface area contributed by atoms with E-state index in [-0.39, 0.29) is 11.3 Å². The van der Waals surface area contributed by atoms with E-state index < -0.39 is 17.7 Å². The van der Waals surface area contributed by atoms with Crippen molar-refractivity contribution in [2.24, 2.45) is 0 Å². The molecule has 0 bridgehead atoms. The molecular formula is C25H22N2O4. The Bertz CT molecular complexity index is 1170. The number of rotatable bonds is 5. The molecule has 1 N–H and O–H groups in total. The first-order chi connectivity index (χ1) is 15.0. The fourth-order valence-electron chi connectivity index (χ4n) is 3.79. The van der Waals surface area contributed by atoms with Crippen molar-refractivity contribution in [2.75, 3.05) is 11.5 Å². The number of ketones is 1. The second kappa shape index (κ2) is 8.44. The summed E-state index contributed by atoms with van der Waals surface area (Å²) in [6.07, 6.45) is 3.22. The van der Waals surface area contributed by atoms with Gasteiger partial charge in [0, 0.05) is 23.6 Å². The number of carbonyl (C=O) groups is 2. The SMILES string of the molecule is CCOc1cccc(/C(O)=C2\C(=O)C(=O)N(c3cccc(C)c3)C2c2cccnc2)c1. The molecule has 1 aromatic heterocycles. The Balaban J connectivity index is 1.92. The van der Waals surface area contributed by atoms with Crippen molar-refractivity contribution in [3.63, 3.8) is 0 Å². The zero-order valence-electron chi connectivity index (χ0n) is 17.3. The van der Waals surface area contributed by atoms with Crippen LogP contribution < -0.4 is 9.64 Å². The summed E-state index contributed by atoms with van der Waals surface area (Å²) in [6, 6.07) is 16.9. The highest BCUT2D eigenvalue weighted by Gasteiger charge is 2.47. The number of carbonyl (C=O) groups excluding carboxylic acids is 2. The maximum absolute atomic E-state index is 13.1. The van der Waals surface area contributed by atoms with Gasteiger partial charge in [-0.3, -0.25) is 19.5 Å². The number of aryl methyl sites for hydroxylation is 1. The van der Waals surface area contributed by atoms with E-state index in [4.69, 9.17) is 4.74 Å². The second-order valence-corrected chi connectivity index (χ2v) is 7.26. The molecule has 6 nitrogen and oxygen atoms in total. The molecule has 2 heterocycles. The number of Topliss-reactive ketones (excluding diaryl/α,β-unsaturated/α-hetero) is 1. The normalized spacial score (nSPS) is 17.7. The zero-order chi connectivity index (χ0) is 22.0. The highest BCUT2D eigenvalue weighted by molar-refractivity contribution is 6.51. The van der Waals surface area contributed by atoms with Crippen LogP contribution in [0.3, 0.4) is 0 Å². The third-order valence-corrected chi connectivity index (χ3v) is 5.14. The van der Waals surface area contributed by atoms with Gasteiger partial charge in [-0.1, -0.05) is 30.3 Å². The van der Waals surface area contributed by atoms with Gasteiger partial charge in [0.15, 0.2) is 0 Å². The fraction of sp³-hybridized carbons (Fsp3) is 0.160. The van der Waals surface area contributed by atoms with Crippen molar-refractivity contribution in [1.82, 2.24) is 4.98 Å². The molecule has 0 saturated carbocycles. The van der Waals surface area contributed by atoms with Crippen molar-refractivity contribution < 1.29 is 19.4 Å². The Morgan fingerprint density at radius 1 is 1.10 bits per heavy atom. The van der Waals surface area contributed by atoms with Crippen molar-refractivity contribution in [3.8, 4) is 5.75 Å². The van der Waals surface area contributed by atoms with Crippen molar-refractivity contribution in [1.29, 1.82) is 0 Å². The highest BCUT2D eigenvalue weighted by atomic mass is 16.5. The van der Waals surface area contributed by atoms with Gasteiger partial charge in [-0.25, -0.2) is 0 Å². The zero-order valence-corrected chi connectivity index (χ0v) is 17.3. The van der Waals surface area contributed by atoms with Crippen molar-refractivity contribution in [3.05, 3.63) is 95.3 Å². The molecular weight excluding hydrogens is 392 g/mol. The van der Waals surface area contributed by atoms with Crippen LogP contribution in [0.15, 0.2) is 78.6 Å². The number of benzene rings is 2.